The average molecular weight is 282 g/mol. The van der Waals surface area contributed by atoms with Gasteiger partial charge >= 0.3 is 0 Å². The number of para-hydroxylation sites is 1. The molecule has 0 bridgehead atoms. The second-order valence-corrected chi connectivity index (χ2v) is 5.71. The van der Waals surface area contributed by atoms with Gasteiger partial charge < -0.3 is 5.32 Å². The average Bonchev–Trinajstić information content (AvgIpc) is 2.47. The lowest BCUT2D eigenvalue weighted by Gasteiger charge is -2.16. The van der Waals surface area contributed by atoms with Gasteiger partial charge in [0.2, 0.25) is 0 Å². The molecule has 0 spiro atoms. The maximum absolute atomic E-state index is 9.38. The number of thioether (sulfide) groups is 1. The highest BCUT2D eigenvalue weighted by Crippen LogP contribution is 2.31. The molecule has 0 unspecified atom stereocenters. The van der Waals surface area contributed by atoms with Crippen LogP contribution in [0.15, 0.2) is 47.4 Å². The van der Waals surface area contributed by atoms with E-state index in [4.69, 9.17) is 0 Å². The predicted molar refractivity (Wildman–Crippen MR) is 86.8 cm³/mol. The van der Waals surface area contributed by atoms with Crippen LogP contribution in [0.25, 0.3) is 0 Å². The first-order valence-corrected chi connectivity index (χ1v) is 7.83. The van der Waals surface area contributed by atoms with Gasteiger partial charge in [-0.1, -0.05) is 38.1 Å². The maximum Gasteiger partial charge on any atom is 0.103 e. The van der Waals surface area contributed by atoms with E-state index in [1.807, 2.05) is 36.6 Å². The van der Waals surface area contributed by atoms with Crippen LogP contribution in [0.1, 0.15) is 30.9 Å². The number of nitriles is 1. The number of hydrogen-bond donors (Lipinski definition) is 1. The van der Waals surface area contributed by atoms with Crippen LogP contribution in [0.2, 0.25) is 0 Å². The van der Waals surface area contributed by atoms with Gasteiger partial charge in [0.15, 0.2) is 0 Å². The van der Waals surface area contributed by atoms with Crippen LogP contribution in [0.3, 0.4) is 0 Å². The third kappa shape index (κ3) is 2.97. The van der Waals surface area contributed by atoms with Crippen molar-refractivity contribution in [2.24, 2.45) is 0 Å². The van der Waals surface area contributed by atoms with E-state index in [2.05, 4.69) is 37.4 Å². The van der Waals surface area contributed by atoms with Crippen LogP contribution < -0.4 is 5.32 Å². The van der Waals surface area contributed by atoms with Gasteiger partial charge in [0.1, 0.15) is 6.07 Å². The highest BCUT2D eigenvalue weighted by atomic mass is 32.2. The minimum atomic E-state index is 0.438. The number of anilines is 2. The highest BCUT2D eigenvalue weighted by Gasteiger charge is 2.10. The SMILES string of the molecule is CSc1cccc(Nc2ccccc2C(C)C)c1C#N. The Kier molecular flexibility index (Phi) is 4.70. The Morgan fingerprint density at radius 1 is 1.05 bits per heavy atom. The van der Waals surface area contributed by atoms with Gasteiger partial charge in [-0.2, -0.15) is 5.26 Å². The minimum Gasteiger partial charge on any atom is -0.354 e. The lowest BCUT2D eigenvalue weighted by atomic mass is 10.0. The Labute approximate surface area is 124 Å². The van der Waals surface area contributed by atoms with E-state index in [9.17, 15) is 5.26 Å². The molecule has 2 nitrogen and oxygen atoms in total. The third-order valence-corrected chi connectivity index (χ3v) is 3.99. The quantitative estimate of drug-likeness (QED) is 0.788. The van der Waals surface area contributed by atoms with E-state index in [1.165, 1.54) is 5.56 Å². The molecule has 0 aliphatic rings. The summed E-state index contributed by atoms with van der Waals surface area (Å²) in [4.78, 5) is 1.000. The molecule has 0 aromatic heterocycles. The van der Waals surface area contributed by atoms with Gasteiger partial charge in [0.25, 0.3) is 0 Å². The van der Waals surface area contributed by atoms with Crippen LogP contribution in [0.4, 0.5) is 11.4 Å². The highest BCUT2D eigenvalue weighted by molar-refractivity contribution is 7.98. The molecule has 2 aromatic rings. The second kappa shape index (κ2) is 6.49. The fraction of sp³-hybridized carbons (Fsp3) is 0.235. The molecule has 2 rings (SSSR count). The standard InChI is InChI=1S/C17H18N2S/c1-12(2)13-7-4-5-8-15(13)19-16-9-6-10-17(20-3)14(16)11-18/h4-10,12,19H,1-3H3. The molecular formula is C17H18N2S. The van der Waals surface area contributed by atoms with E-state index in [0.29, 0.717) is 11.5 Å². The van der Waals surface area contributed by atoms with Crippen LogP contribution in [-0.4, -0.2) is 6.26 Å². The van der Waals surface area contributed by atoms with Gasteiger partial charge in [-0.15, -0.1) is 11.8 Å². The van der Waals surface area contributed by atoms with Crippen molar-refractivity contribution in [1.29, 1.82) is 5.26 Å². The molecule has 1 N–H and O–H groups in total. The number of rotatable bonds is 4. The van der Waals surface area contributed by atoms with Crippen LogP contribution in [0.5, 0.6) is 0 Å². The van der Waals surface area contributed by atoms with E-state index < -0.39 is 0 Å². The largest absolute Gasteiger partial charge is 0.354 e. The Balaban J connectivity index is 2.44. The summed E-state index contributed by atoms with van der Waals surface area (Å²) >= 11 is 1.59. The zero-order chi connectivity index (χ0) is 14.5. The molecule has 0 aliphatic heterocycles. The van der Waals surface area contributed by atoms with Gasteiger partial charge in [0.05, 0.1) is 11.3 Å². The fourth-order valence-corrected chi connectivity index (χ4v) is 2.75. The second-order valence-electron chi connectivity index (χ2n) is 4.86. The monoisotopic (exact) mass is 282 g/mol. The smallest absolute Gasteiger partial charge is 0.103 e. The third-order valence-electron chi connectivity index (χ3n) is 3.21. The van der Waals surface area contributed by atoms with E-state index in [0.717, 1.165) is 16.3 Å². The zero-order valence-corrected chi connectivity index (χ0v) is 12.8. The fourth-order valence-electron chi connectivity index (χ4n) is 2.18. The van der Waals surface area contributed by atoms with Gasteiger partial charge in [-0.05, 0) is 35.9 Å². The van der Waals surface area contributed by atoms with E-state index in [-0.39, 0.29) is 0 Å². The summed E-state index contributed by atoms with van der Waals surface area (Å²) < 4.78 is 0. The van der Waals surface area contributed by atoms with Gasteiger partial charge in [0, 0.05) is 10.6 Å². The van der Waals surface area contributed by atoms with Crippen molar-refractivity contribution < 1.29 is 0 Å². The molecule has 3 heteroatoms. The normalized spacial score (nSPS) is 10.3. The zero-order valence-electron chi connectivity index (χ0n) is 12.0. The van der Waals surface area contributed by atoms with E-state index in [1.54, 1.807) is 11.8 Å². The van der Waals surface area contributed by atoms with Gasteiger partial charge in [-0.3, -0.25) is 0 Å². The first-order chi connectivity index (χ1) is 9.67. The lowest BCUT2D eigenvalue weighted by molar-refractivity contribution is 0.869. The molecule has 20 heavy (non-hydrogen) atoms. The molecule has 0 radical (unpaired) electrons. The maximum atomic E-state index is 9.38. The number of benzene rings is 2. The van der Waals surface area contributed by atoms with Crippen molar-refractivity contribution in [3.63, 3.8) is 0 Å². The van der Waals surface area contributed by atoms with Crippen molar-refractivity contribution in [3.8, 4) is 6.07 Å². The molecule has 0 saturated heterocycles. The molecule has 0 saturated carbocycles. The van der Waals surface area contributed by atoms with Crippen LogP contribution in [-0.2, 0) is 0 Å². The summed E-state index contributed by atoms with van der Waals surface area (Å²) in [6.45, 7) is 4.34. The van der Waals surface area contributed by atoms with Crippen molar-refractivity contribution >= 4 is 23.1 Å². The van der Waals surface area contributed by atoms with Crippen LogP contribution >= 0.6 is 11.8 Å². The van der Waals surface area contributed by atoms with Crippen LogP contribution in [0, 0.1) is 11.3 Å². The molecule has 102 valence electrons. The molecule has 0 aliphatic carbocycles. The number of nitrogens with one attached hydrogen (secondary N) is 1. The summed E-state index contributed by atoms with van der Waals surface area (Å²) in [5, 5.41) is 12.8. The lowest BCUT2D eigenvalue weighted by Crippen LogP contribution is -1.99. The Morgan fingerprint density at radius 3 is 2.40 bits per heavy atom. The molecule has 0 atom stereocenters. The summed E-state index contributed by atoms with van der Waals surface area (Å²) in [5.41, 5.74) is 3.90. The Hall–Kier alpha value is -1.92. The van der Waals surface area contributed by atoms with Gasteiger partial charge in [-0.25, -0.2) is 0 Å². The molecule has 2 aromatic carbocycles. The predicted octanol–water partition coefficient (Wildman–Crippen LogP) is 5.15. The van der Waals surface area contributed by atoms with Crippen molar-refractivity contribution in [2.45, 2.75) is 24.7 Å². The first-order valence-electron chi connectivity index (χ1n) is 6.60. The Morgan fingerprint density at radius 2 is 1.75 bits per heavy atom. The van der Waals surface area contributed by atoms with Crippen molar-refractivity contribution in [2.75, 3.05) is 11.6 Å². The van der Waals surface area contributed by atoms with Crippen molar-refractivity contribution in [3.05, 3.63) is 53.6 Å². The summed E-state index contributed by atoms with van der Waals surface area (Å²) in [7, 11) is 0. The number of nitrogens with zero attached hydrogens (tertiary/aromatic N) is 1. The molecule has 0 heterocycles. The summed E-state index contributed by atoms with van der Waals surface area (Å²) in [5.74, 6) is 0.438. The van der Waals surface area contributed by atoms with Crippen molar-refractivity contribution in [1.82, 2.24) is 0 Å². The van der Waals surface area contributed by atoms with E-state index >= 15 is 0 Å². The number of hydrogen-bond acceptors (Lipinski definition) is 3. The minimum absolute atomic E-state index is 0.438. The first kappa shape index (κ1) is 14.5. The Bertz CT molecular complexity index is 642. The molecule has 0 amide bonds. The summed E-state index contributed by atoms with van der Waals surface area (Å²) in [6, 6.07) is 16.4. The summed E-state index contributed by atoms with van der Waals surface area (Å²) in [6.07, 6.45) is 1.99. The molecular weight excluding hydrogens is 264 g/mol. The molecule has 0 fully saturated rings. The topological polar surface area (TPSA) is 35.8 Å².